The fraction of sp³-hybridized carbons (Fsp3) is 0.400. The monoisotopic (exact) mass is 268 g/mol. The molecule has 1 aliphatic rings. The third-order valence-corrected chi connectivity index (χ3v) is 4.87. The quantitative estimate of drug-likeness (QED) is 0.812. The Hall–Kier alpha value is -1.51. The van der Waals surface area contributed by atoms with Crippen LogP contribution in [0.2, 0.25) is 0 Å². The van der Waals surface area contributed by atoms with Gasteiger partial charge in [0.2, 0.25) is 10.0 Å². The van der Waals surface area contributed by atoms with Crippen molar-refractivity contribution in [2.45, 2.75) is 4.90 Å². The molecule has 0 radical (unpaired) electrons. The van der Waals surface area contributed by atoms with Crippen LogP contribution in [0, 0.1) is 0 Å². The molecule has 7 nitrogen and oxygen atoms in total. The van der Waals surface area contributed by atoms with E-state index in [1.54, 1.807) is 12.1 Å². The number of nitrogens with zero attached hydrogens (tertiary/aromatic N) is 3. The minimum atomic E-state index is -3.53. The molecule has 0 amide bonds. The lowest BCUT2D eigenvalue weighted by Crippen LogP contribution is -2.46. The Bertz CT molecular complexity index is 661. The molecule has 18 heavy (non-hydrogen) atoms. The Morgan fingerprint density at radius 2 is 2.00 bits per heavy atom. The molecule has 1 aliphatic heterocycles. The molecular weight excluding hydrogens is 256 g/mol. The van der Waals surface area contributed by atoms with E-state index in [2.05, 4.69) is 20.3 Å². The van der Waals surface area contributed by atoms with Crippen molar-refractivity contribution in [3.63, 3.8) is 0 Å². The van der Waals surface area contributed by atoms with Crippen molar-refractivity contribution in [1.82, 2.24) is 19.9 Å². The highest BCUT2D eigenvalue weighted by molar-refractivity contribution is 7.89. The van der Waals surface area contributed by atoms with Crippen molar-refractivity contribution in [3.8, 4) is 0 Å². The summed E-state index contributed by atoms with van der Waals surface area (Å²) in [5, 5.41) is 10.4. The van der Waals surface area contributed by atoms with Gasteiger partial charge in [0.05, 0.1) is 0 Å². The van der Waals surface area contributed by atoms with Gasteiger partial charge in [0, 0.05) is 26.2 Å². The molecule has 2 heterocycles. The first-order valence-electron chi connectivity index (χ1n) is 5.62. The fourth-order valence-corrected chi connectivity index (χ4v) is 3.59. The Morgan fingerprint density at radius 1 is 1.22 bits per heavy atom. The van der Waals surface area contributed by atoms with Crippen LogP contribution in [0.3, 0.4) is 0 Å². The van der Waals surface area contributed by atoms with Crippen LogP contribution in [0.1, 0.15) is 0 Å². The van der Waals surface area contributed by atoms with Crippen LogP contribution >= 0.6 is 0 Å². The zero-order valence-corrected chi connectivity index (χ0v) is 10.4. The highest BCUT2D eigenvalue weighted by Gasteiger charge is 2.28. The third kappa shape index (κ3) is 1.78. The second kappa shape index (κ2) is 4.30. The summed E-state index contributed by atoms with van der Waals surface area (Å²) in [4.78, 5) is 0.156. The van der Waals surface area contributed by atoms with E-state index in [-0.39, 0.29) is 10.4 Å². The Labute approximate surface area is 104 Å². The van der Waals surface area contributed by atoms with Gasteiger partial charge in [-0.25, -0.2) is 13.0 Å². The minimum Gasteiger partial charge on any atom is -0.314 e. The molecule has 1 saturated heterocycles. The number of rotatable bonds is 2. The van der Waals surface area contributed by atoms with Crippen molar-refractivity contribution in [1.29, 1.82) is 0 Å². The van der Waals surface area contributed by atoms with Crippen LogP contribution in [-0.2, 0) is 10.0 Å². The minimum absolute atomic E-state index is 0.156. The number of nitrogens with one attached hydrogen (secondary N) is 1. The lowest BCUT2D eigenvalue weighted by molar-refractivity contribution is 0.314. The van der Waals surface area contributed by atoms with E-state index in [0.717, 1.165) is 0 Å². The molecule has 0 atom stereocenters. The highest BCUT2D eigenvalue weighted by atomic mass is 32.2. The van der Waals surface area contributed by atoms with Gasteiger partial charge in [-0.1, -0.05) is 6.07 Å². The van der Waals surface area contributed by atoms with Gasteiger partial charge in [-0.3, -0.25) is 0 Å². The second-order valence-corrected chi connectivity index (χ2v) is 5.95. The summed E-state index contributed by atoms with van der Waals surface area (Å²) in [6.07, 6.45) is 0. The fourth-order valence-electron chi connectivity index (χ4n) is 2.01. The molecule has 1 aromatic carbocycles. The Morgan fingerprint density at radius 3 is 2.78 bits per heavy atom. The molecule has 0 bridgehead atoms. The molecular formula is C10H12N4O3S. The SMILES string of the molecule is O=S(=O)(c1cccc2nonc12)N1CCNCC1. The average Bonchev–Trinajstić information content (AvgIpc) is 2.87. The molecule has 2 aromatic rings. The maximum Gasteiger partial charge on any atom is 0.245 e. The number of benzene rings is 1. The smallest absolute Gasteiger partial charge is 0.245 e. The van der Waals surface area contributed by atoms with E-state index in [9.17, 15) is 8.42 Å². The first-order valence-corrected chi connectivity index (χ1v) is 7.06. The van der Waals surface area contributed by atoms with Gasteiger partial charge in [-0.2, -0.15) is 4.31 Å². The topological polar surface area (TPSA) is 88.3 Å². The molecule has 8 heteroatoms. The van der Waals surface area contributed by atoms with Crippen LogP contribution in [0.4, 0.5) is 0 Å². The Balaban J connectivity index is 2.10. The maximum absolute atomic E-state index is 12.5. The van der Waals surface area contributed by atoms with Crippen LogP contribution in [0.25, 0.3) is 11.0 Å². The van der Waals surface area contributed by atoms with Crippen LogP contribution in [0.15, 0.2) is 27.7 Å². The molecule has 0 saturated carbocycles. The summed E-state index contributed by atoms with van der Waals surface area (Å²) in [5.74, 6) is 0. The molecule has 3 rings (SSSR count). The van der Waals surface area contributed by atoms with Gasteiger partial charge < -0.3 is 5.32 Å². The standard InChI is InChI=1S/C10H12N4O3S/c15-18(16,14-6-4-11-5-7-14)9-3-1-2-8-10(9)13-17-12-8/h1-3,11H,4-7H2. The lowest BCUT2D eigenvalue weighted by Gasteiger charge is -2.26. The first-order chi connectivity index (χ1) is 8.69. The van der Waals surface area contributed by atoms with E-state index >= 15 is 0 Å². The zero-order chi connectivity index (χ0) is 12.6. The predicted octanol–water partition coefficient (Wildman–Crippen LogP) is -0.183. The molecule has 1 N–H and O–H groups in total. The molecule has 0 spiro atoms. The van der Waals surface area contributed by atoms with Gasteiger partial charge >= 0.3 is 0 Å². The number of fused-ring (bicyclic) bond motifs is 1. The summed E-state index contributed by atoms with van der Waals surface area (Å²) in [7, 11) is -3.53. The van der Waals surface area contributed by atoms with Crippen molar-refractivity contribution >= 4 is 21.1 Å². The first kappa shape index (κ1) is 11.6. The summed E-state index contributed by atoms with van der Waals surface area (Å²) in [6, 6.07) is 4.84. The summed E-state index contributed by atoms with van der Waals surface area (Å²) in [5.41, 5.74) is 0.738. The molecule has 1 aromatic heterocycles. The van der Waals surface area contributed by atoms with Crippen LogP contribution in [-0.4, -0.2) is 49.2 Å². The van der Waals surface area contributed by atoms with Gasteiger partial charge in [0.25, 0.3) is 0 Å². The molecule has 0 aliphatic carbocycles. The van der Waals surface area contributed by atoms with Gasteiger partial charge in [-0.15, -0.1) is 0 Å². The number of hydrogen-bond donors (Lipinski definition) is 1. The number of hydrogen-bond acceptors (Lipinski definition) is 6. The normalized spacial score (nSPS) is 18.2. The largest absolute Gasteiger partial charge is 0.314 e. The van der Waals surface area contributed by atoms with Gasteiger partial charge in [0.1, 0.15) is 10.4 Å². The van der Waals surface area contributed by atoms with E-state index in [1.807, 2.05) is 0 Å². The molecule has 1 fully saturated rings. The summed E-state index contributed by atoms with van der Waals surface area (Å²) in [6.45, 7) is 2.24. The van der Waals surface area contributed by atoms with E-state index in [4.69, 9.17) is 0 Å². The zero-order valence-electron chi connectivity index (χ0n) is 9.54. The summed E-state index contributed by atoms with van der Waals surface area (Å²) >= 11 is 0. The highest BCUT2D eigenvalue weighted by Crippen LogP contribution is 2.23. The van der Waals surface area contributed by atoms with Gasteiger partial charge in [-0.05, 0) is 22.4 Å². The van der Waals surface area contributed by atoms with Crippen LogP contribution in [0.5, 0.6) is 0 Å². The Kier molecular flexibility index (Phi) is 2.77. The third-order valence-electron chi connectivity index (χ3n) is 2.94. The van der Waals surface area contributed by atoms with Crippen molar-refractivity contribution in [2.75, 3.05) is 26.2 Å². The van der Waals surface area contributed by atoms with Gasteiger partial charge in [0.15, 0.2) is 5.52 Å². The second-order valence-electron chi connectivity index (χ2n) is 4.04. The number of sulfonamides is 1. The molecule has 0 unspecified atom stereocenters. The predicted molar refractivity (Wildman–Crippen MR) is 63.4 cm³/mol. The number of piperazine rings is 1. The van der Waals surface area contributed by atoms with Crippen molar-refractivity contribution in [3.05, 3.63) is 18.2 Å². The summed E-state index contributed by atoms with van der Waals surface area (Å²) < 4.78 is 31.0. The number of aromatic nitrogens is 2. The van der Waals surface area contributed by atoms with Crippen molar-refractivity contribution in [2.24, 2.45) is 0 Å². The van der Waals surface area contributed by atoms with E-state index < -0.39 is 10.0 Å². The average molecular weight is 268 g/mol. The van der Waals surface area contributed by atoms with E-state index in [1.165, 1.54) is 10.4 Å². The molecule has 96 valence electrons. The van der Waals surface area contributed by atoms with E-state index in [0.29, 0.717) is 31.7 Å². The van der Waals surface area contributed by atoms with Crippen LogP contribution < -0.4 is 5.32 Å². The van der Waals surface area contributed by atoms with Crippen molar-refractivity contribution < 1.29 is 13.0 Å². The lowest BCUT2D eigenvalue weighted by atomic mass is 10.3. The maximum atomic E-state index is 12.5.